The third-order valence-corrected chi connectivity index (χ3v) is 3.10. The number of hydrogen-bond donors (Lipinski definition) is 2. The van der Waals surface area contributed by atoms with Crippen LogP contribution in [0.15, 0.2) is 16.6 Å². The Labute approximate surface area is 90.5 Å². The van der Waals surface area contributed by atoms with E-state index >= 15 is 0 Å². The molecule has 0 radical (unpaired) electrons. The maximum absolute atomic E-state index is 9.89. The molecule has 0 unspecified atom stereocenters. The highest BCUT2D eigenvalue weighted by atomic mass is 79.9. The number of phenols is 1. The Kier molecular flexibility index (Phi) is 2.20. The van der Waals surface area contributed by atoms with E-state index < -0.39 is 5.60 Å². The smallest absolute Gasteiger partial charge is 0.136 e. The predicted molar refractivity (Wildman–Crippen MR) is 55.5 cm³/mol. The number of hydrogen-bond acceptors (Lipinski definition) is 3. The van der Waals surface area contributed by atoms with Gasteiger partial charge >= 0.3 is 0 Å². The first-order valence-electron chi connectivity index (χ1n) is 4.36. The summed E-state index contributed by atoms with van der Waals surface area (Å²) in [6, 6.07) is 3.34. The Bertz CT molecular complexity index is 372. The first kappa shape index (κ1) is 9.80. The summed E-state index contributed by atoms with van der Waals surface area (Å²) in [5, 5.41) is 19.6. The van der Waals surface area contributed by atoms with Gasteiger partial charge in [0.1, 0.15) is 11.5 Å². The van der Waals surface area contributed by atoms with Crippen molar-refractivity contribution in [2.75, 3.05) is 7.11 Å². The lowest BCUT2D eigenvalue weighted by Crippen LogP contribution is -2.05. The highest BCUT2D eigenvalue weighted by molar-refractivity contribution is 9.10. The second-order valence-electron chi connectivity index (χ2n) is 3.54. The summed E-state index contributed by atoms with van der Waals surface area (Å²) in [7, 11) is 1.56. The van der Waals surface area contributed by atoms with E-state index in [0.717, 1.165) is 0 Å². The number of halogens is 1. The van der Waals surface area contributed by atoms with Crippen LogP contribution in [0.4, 0.5) is 0 Å². The summed E-state index contributed by atoms with van der Waals surface area (Å²) < 4.78 is 5.61. The quantitative estimate of drug-likeness (QED) is 0.855. The van der Waals surface area contributed by atoms with Gasteiger partial charge in [0.25, 0.3) is 0 Å². The first-order valence-corrected chi connectivity index (χ1v) is 5.15. The molecule has 1 fully saturated rings. The monoisotopic (exact) mass is 258 g/mol. The minimum Gasteiger partial charge on any atom is -0.506 e. The van der Waals surface area contributed by atoms with E-state index in [-0.39, 0.29) is 5.75 Å². The molecule has 2 N–H and O–H groups in total. The van der Waals surface area contributed by atoms with Crippen LogP contribution in [0.5, 0.6) is 11.5 Å². The lowest BCUT2D eigenvalue weighted by atomic mass is 10.1. The van der Waals surface area contributed by atoms with Crippen LogP contribution in [-0.4, -0.2) is 17.3 Å². The molecule has 1 aliphatic carbocycles. The summed E-state index contributed by atoms with van der Waals surface area (Å²) >= 11 is 3.22. The number of aliphatic hydroxyl groups is 1. The van der Waals surface area contributed by atoms with E-state index in [9.17, 15) is 10.2 Å². The van der Waals surface area contributed by atoms with Gasteiger partial charge in [-0.1, -0.05) is 0 Å². The zero-order chi connectivity index (χ0) is 10.3. The lowest BCUT2D eigenvalue weighted by molar-refractivity contribution is 0.147. The van der Waals surface area contributed by atoms with Gasteiger partial charge in [0.05, 0.1) is 17.2 Å². The number of aromatic hydroxyl groups is 1. The van der Waals surface area contributed by atoms with Gasteiger partial charge in [-0.15, -0.1) is 0 Å². The molecule has 0 bridgehead atoms. The van der Waals surface area contributed by atoms with E-state index in [2.05, 4.69) is 15.9 Å². The summed E-state index contributed by atoms with van der Waals surface area (Å²) in [5.41, 5.74) is -0.301. The molecule has 0 saturated heterocycles. The molecule has 1 aliphatic rings. The van der Waals surface area contributed by atoms with Crippen molar-refractivity contribution in [1.29, 1.82) is 0 Å². The molecule has 0 aliphatic heterocycles. The predicted octanol–water partition coefficient (Wildman–Crippen LogP) is 2.14. The van der Waals surface area contributed by atoms with Crippen LogP contribution in [0.1, 0.15) is 18.4 Å². The summed E-state index contributed by atoms with van der Waals surface area (Å²) in [6.45, 7) is 0. The fraction of sp³-hybridized carbons (Fsp3) is 0.400. The number of ether oxygens (including phenoxy) is 1. The van der Waals surface area contributed by atoms with Crippen molar-refractivity contribution in [3.05, 3.63) is 22.2 Å². The van der Waals surface area contributed by atoms with Crippen LogP contribution in [0.3, 0.4) is 0 Å². The Morgan fingerprint density at radius 3 is 2.57 bits per heavy atom. The molecule has 0 aromatic heterocycles. The van der Waals surface area contributed by atoms with Crippen LogP contribution in [0.25, 0.3) is 0 Å². The van der Waals surface area contributed by atoms with E-state index in [1.165, 1.54) is 0 Å². The van der Waals surface area contributed by atoms with Crippen LogP contribution >= 0.6 is 15.9 Å². The molecule has 1 aromatic rings. The molecule has 76 valence electrons. The number of rotatable bonds is 2. The summed E-state index contributed by atoms with van der Waals surface area (Å²) in [4.78, 5) is 0. The molecule has 0 spiro atoms. The Morgan fingerprint density at radius 2 is 2.07 bits per heavy atom. The minimum absolute atomic E-state index is 0.103. The van der Waals surface area contributed by atoms with Gasteiger partial charge in [-0.2, -0.15) is 0 Å². The zero-order valence-corrected chi connectivity index (χ0v) is 9.34. The van der Waals surface area contributed by atoms with Gasteiger partial charge in [-0.3, -0.25) is 0 Å². The SMILES string of the molecule is COc1cc(Br)c(O)c(C2(O)CC2)c1. The first-order chi connectivity index (χ1) is 6.57. The Balaban J connectivity index is 2.52. The van der Waals surface area contributed by atoms with Gasteiger partial charge in [0, 0.05) is 5.56 Å². The largest absolute Gasteiger partial charge is 0.506 e. The second kappa shape index (κ2) is 3.14. The number of methoxy groups -OCH3 is 1. The van der Waals surface area contributed by atoms with Crippen molar-refractivity contribution >= 4 is 15.9 Å². The molecule has 2 rings (SSSR count). The van der Waals surface area contributed by atoms with Crippen molar-refractivity contribution in [2.45, 2.75) is 18.4 Å². The standard InChI is InChI=1S/C10H11BrO3/c1-14-6-4-7(10(13)2-3-10)9(12)8(11)5-6/h4-5,12-13H,2-3H2,1H3. The van der Waals surface area contributed by atoms with Crippen molar-refractivity contribution in [2.24, 2.45) is 0 Å². The van der Waals surface area contributed by atoms with Gasteiger partial charge in [0.2, 0.25) is 0 Å². The van der Waals surface area contributed by atoms with Gasteiger partial charge < -0.3 is 14.9 Å². The maximum Gasteiger partial charge on any atom is 0.136 e. The third-order valence-electron chi connectivity index (χ3n) is 2.50. The molecule has 0 atom stereocenters. The fourth-order valence-electron chi connectivity index (χ4n) is 1.43. The normalized spacial score (nSPS) is 17.9. The van der Waals surface area contributed by atoms with E-state index in [1.807, 2.05) is 0 Å². The Hall–Kier alpha value is -0.740. The van der Waals surface area contributed by atoms with Gasteiger partial charge in [-0.05, 0) is 40.9 Å². The molecule has 4 heteroatoms. The maximum atomic E-state index is 9.89. The highest BCUT2D eigenvalue weighted by Crippen LogP contribution is 2.51. The van der Waals surface area contributed by atoms with E-state index in [1.54, 1.807) is 19.2 Å². The van der Waals surface area contributed by atoms with Gasteiger partial charge in [-0.25, -0.2) is 0 Å². The third kappa shape index (κ3) is 1.48. The second-order valence-corrected chi connectivity index (χ2v) is 4.39. The number of phenolic OH excluding ortho intramolecular Hbond substituents is 1. The number of benzene rings is 1. The zero-order valence-electron chi connectivity index (χ0n) is 7.75. The average molecular weight is 259 g/mol. The summed E-state index contributed by atoms with van der Waals surface area (Å²) in [5.74, 6) is 0.732. The van der Waals surface area contributed by atoms with Crippen molar-refractivity contribution in [1.82, 2.24) is 0 Å². The topological polar surface area (TPSA) is 49.7 Å². The summed E-state index contributed by atoms with van der Waals surface area (Å²) in [6.07, 6.45) is 1.39. The molecule has 1 aromatic carbocycles. The van der Waals surface area contributed by atoms with Crippen molar-refractivity contribution < 1.29 is 14.9 Å². The highest BCUT2D eigenvalue weighted by Gasteiger charge is 2.44. The molecular formula is C10H11BrO3. The molecule has 14 heavy (non-hydrogen) atoms. The molecule has 1 saturated carbocycles. The minimum atomic E-state index is -0.846. The molecular weight excluding hydrogens is 248 g/mol. The average Bonchev–Trinajstić information content (AvgIpc) is 2.89. The van der Waals surface area contributed by atoms with Crippen LogP contribution < -0.4 is 4.74 Å². The van der Waals surface area contributed by atoms with Crippen LogP contribution in [0, 0.1) is 0 Å². The molecule has 3 nitrogen and oxygen atoms in total. The molecule has 0 heterocycles. The van der Waals surface area contributed by atoms with Gasteiger partial charge in [0.15, 0.2) is 0 Å². The van der Waals surface area contributed by atoms with Crippen molar-refractivity contribution in [3.63, 3.8) is 0 Å². The van der Waals surface area contributed by atoms with E-state index in [4.69, 9.17) is 4.74 Å². The Morgan fingerprint density at radius 1 is 1.43 bits per heavy atom. The molecule has 0 amide bonds. The van der Waals surface area contributed by atoms with E-state index in [0.29, 0.717) is 28.6 Å². The van der Waals surface area contributed by atoms with Crippen LogP contribution in [-0.2, 0) is 5.60 Å². The lowest BCUT2D eigenvalue weighted by Gasteiger charge is -2.13. The van der Waals surface area contributed by atoms with Crippen molar-refractivity contribution in [3.8, 4) is 11.5 Å². The van der Waals surface area contributed by atoms with Crippen LogP contribution in [0.2, 0.25) is 0 Å². The fourth-order valence-corrected chi connectivity index (χ4v) is 1.87.